The predicted octanol–water partition coefficient (Wildman–Crippen LogP) is 3.61. The van der Waals surface area contributed by atoms with Gasteiger partial charge >= 0.3 is 5.97 Å². The van der Waals surface area contributed by atoms with E-state index in [0.717, 1.165) is 5.56 Å². The molecule has 0 aliphatic heterocycles. The number of carboxylic acid groups (broad SMARTS) is 1. The molecule has 5 nitrogen and oxygen atoms in total. The maximum atomic E-state index is 11.3. The van der Waals surface area contributed by atoms with Crippen LogP contribution in [0.15, 0.2) is 51.5 Å². The number of aryl methyl sites for hydroxylation is 1. The molecule has 100 valence electrons. The number of furan rings is 1. The Kier molecular flexibility index (Phi) is 2.87. The van der Waals surface area contributed by atoms with Crippen LogP contribution in [-0.2, 0) is 0 Å². The van der Waals surface area contributed by atoms with E-state index < -0.39 is 5.97 Å². The molecule has 0 unspecified atom stereocenters. The van der Waals surface area contributed by atoms with E-state index in [1.807, 2.05) is 25.1 Å². The van der Waals surface area contributed by atoms with Crippen molar-refractivity contribution in [3.8, 4) is 23.0 Å². The number of rotatable bonds is 3. The van der Waals surface area contributed by atoms with Gasteiger partial charge in [0.2, 0.25) is 11.7 Å². The van der Waals surface area contributed by atoms with Gasteiger partial charge in [-0.2, -0.15) is 0 Å². The Labute approximate surface area is 114 Å². The molecule has 1 aromatic carbocycles. The van der Waals surface area contributed by atoms with Gasteiger partial charge < -0.3 is 13.9 Å². The summed E-state index contributed by atoms with van der Waals surface area (Å²) in [5.41, 5.74) is 1.36. The molecule has 0 fully saturated rings. The molecular weight excluding hydrogens is 258 g/mol. The van der Waals surface area contributed by atoms with Crippen LogP contribution in [0.2, 0.25) is 0 Å². The summed E-state index contributed by atoms with van der Waals surface area (Å²) in [4.78, 5) is 15.4. The van der Waals surface area contributed by atoms with Crippen LogP contribution in [0.3, 0.4) is 0 Å². The van der Waals surface area contributed by atoms with Gasteiger partial charge in [0, 0.05) is 5.56 Å². The zero-order chi connectivity index (χ0) is 14.1. The fourth-order valence-electron chi connectivity index (χ4n) is 1.93. The third-order valence-corrected chi connectivity index (χ3v) is 2.92. The van der Waals surface area contributed by atoms with Crippen molar-refractivity contribution in [1.29, 1.82) is 0 Å². The lowest BCUT2D eigenvalue weighted by Crippen LogP contribution is -1.98. The molecule has 2 aromatic heterocycles. The number of benzene rings is 1. The van der Waals surface area contributed by atoms with Crippen molar-refractivity contribution in [1.82, 2.24) is 4.98 Å². The van der Waals surface area contributed by atoms with Crippen molar-refractivity contribution in [2.45, 2.75) is 6.92 Å². The normalized spacial score (nSPS) is 10.7. The summed E-state index contributed by atoms with van der Waals surface area (Å²) in [6.45, 7) is 1.81. The third-order valence-electron chi connectivity index (χ3n) is 2.92. The molecule has 0 saturated heterocycles. The monoisotopic (exact) mass is 269 g/mol. The summed E-state index contributed by atoms with van der Waals surface area (Å²) in [6, 6.07) is 10.9. The first kappa shape index (κ1) is 12.2. The molecule has 0 spiro atoms. The molecule has 2 heterocycles. The second-order valence-corrected chi connectivity index (χ2v) is 4.30. The minimum atomic E-state index is -1.15. The second kappa shape index (κ2) is 4.70. The molecule has 0 bridgehead atoms. The quantitative estimate of drug-likeness (QED) is 0.786. The van der Waals surface area contributed by atoms with Crippen LogP contribution >= 0.6 is 0 Å². The van der Waals surface area contributed by atoms with Crippen LogP contribution in [0.1, 0.15) is 16.1 Å². The second-order valence-electron chi connectivity index (χ2n) is 4.30. The van der Waals surface area contributed by atoms with Gasteiger partial charge in [-0.1, -0.05) is 18.2 Å². The first-order valence-electron chi connectivity index (χ1n) is 6.01. The summed E-state index contributed by atoms with van der Waals surface area (Å²) in [7, 11) is 0. The van der Waals surface area contributed by atoms with Gasteiger partial charge in [0.15, 0.2) is 11.5 Å². The van der Waals surface area contributed by atoms with E-state index in [4.69, 9.17) is 8.83 Å². The zero-order valence-corrected chi connectivity index (χ0v) is 10.7. The first-order chi connectivity index (χ1) is 9.66. The van der Waals surface area contributed by atoms with Gasteiger partial charge in [-0.05, 0) is 30.7 Å². The van der Waals surface area contributed by atoms with Crippen LogP contribution in [0.5, 0.6) is 0 Å². The minimum Gasteiger partial charge on any atom is -0.476 e. The molecule has 20 heavy (non-hydrogen) atoms. The Morgan fingerprint density at radius 3 is 2.50 bits per heavy atom. The van der Waals surface area contributed by atoms with Gasteiger partial charge in [-0.25, -0.2) is 9.78 Å². The molecule has 1 N–H and O–H groups in total. The Morgan fingerprint density at radius 1 is 1.15 bits per heavy atom. The van der Waals surface area contributed by atoms with Gasteiger partial charge in [-0.3, -0.25) is 0 Å². The van der Waals surface area contributed by atoms with Gasteiger partial charge in [-0.15, -0.1) is 0 Å². The predicted molar refractivity (Wildman–Crippen MR) is 71.3 cm³/mol. The maximum Gasteiger partial charge on any atom is 0.358 e. The van der Waals surface area contributed by atoms with E-state index in [0.29, 0.717) is 11.3 Å². The smallest absolute Gasteiger partial charge is 0.358 e. The van der Waals surface area contributed by atoms with E-state index in [9.17, 15) is 9.90 Å². The fraction of sp³-hybridized carbons (Fsp3) is 0.0667. The number of nitrogens with zero attached hydrogens (tertiary/aromatic N) is 1. The number of aromatic carboxylic acids is 1. The van der Waals surface area contributed by atoms with Crippen molar-refractivity contribution in [2.24, 2.45) is 0 Å². The van der Waals surface area contributed by atoms with Crippen molar-refractivity contribution < 1.29 is 18.7 Å². The lowest BCUT2D eigenvalue weighted by molar-refractivity contribution is 0.0691. The van der Waals surface area contributed by atoms with Gasteiger partial charge in [0.05, 0.1) is 6.26 Å². The van der Waals surface area contributed by atoms with Crippen LogP contribution < -0.4 is 0 Å². The number of aromatic nitrogens is 1. The van der Waals surface area contributed by atoms with E-state index in [-0.39, 0.29) is 17.3 Å². The number of carbonyl (C=O) groups is 1. The molecule has 0 aliphatic rings. The number of hydrogen-bond acceptors (Lipinski definition) is 4. The van der Waals surface area contributed by atoms with E-state index in [2.05, 4.69) is 4.98 Å². The molecule has 0 aliphatic carbocycles. The van der Waals surface area contributed by atoms with Crippen molar-refractivity contribution in [3.63, 3.8) is 0 Å². The number of hydrogen-bond donors (Lipinski definition) is 1. The van der Waals surface area contributed by atoms with Crippen LogP contribution in [-0.4, -0.2) is 16.1 Å². The highest BCUT2D eigenvalue weighted by Gasteiger charge is 2.24. The standard InChI is InChI=1S/C15H11NO4/c1-9-7-8-19-12(9)13-11(15(17)18)16-14(20-13)10-5-3-2-4-6-10/h2-8H,1H3,(H,17,18). The van der Waals surface area contributed by atoms with Crippen LogP contribution in [0.4, 0.5) is 0 Å². The molecule has 5 heteroatoms. The third kappa shape index (κ3) is 1.99. The highest BCUT2D eigenvalue weighted by atomic mass is 16.4. The summed E-state index contributed by atoms with van der Waals surface area (Å²) in [5, 5.41) is 9.25. The van der Waals surface area contributed by atoms with Crippen LogP contribution in [0, 0.1) is 6.92 Å². The maximum absolute atomic E-state index is 11.3. The lowest BCUT2D eigenvalue weighted by Gasteiger charge is -1.95. The van der Waals surface area contributed by atoms with Gasteiger partial charge in [0.1, 0.15) is 0 Å². The lowest BCUT2D eigenvalue weighted by atomic mass is 10.2. The highest BCUT2D eigenvalue weighted by molar-refractivity contribution is 5.92. The highest BCUT2D eigenvalue weighted by Crippen LogP contribution is 2.32. The SMILES string of the molecule is Cc1ccoc1-c1oc(-c2ccccc2)nc1C(=O)O. The summed E-state index contributed by atoms with van der Waals surface area (Å²) < 4.78 is 10.9. The fourth-order valence-corrected chi connectivity index (χ4v) is 1.93. The average Bonchev–Trinajstić information content (AvgIpc) is 3.05. The Morgan fingerprint density at radius 2 is 1.90 bits per heavy atom. The van der Waals surface area contributed by atoms with Crippen LogP contribution in [0.25, 0.3) is 23.0 Å². The largest absolute Gasteiger partial charge is 0.476 e. The molecule has 3 aromatic rings. The van der Waals surface area contributed by atoms with Crippen molar-refractivity contribution >= 4 is 5.97 Å². The Bertz CT molecular complexity index is 755. The minimum absolute atomic E-state index is 0.138. The first-order valence-corrected chi connectivity index (χ1v) is 6.01. The Balaban J connectivity index is 2.18. The van der Waals surface area contributed by atoms with Crippen molar-refractivity contribution in [3.05, 3.63) is 53.9 Å². The molecule has 0 atom stereocenters. The Hall–Kier alpha value is -2.82. The molecule has 3 rings (SSSR count). The summed E-state index contributed by atoms with van der Waals surface area (Å²) in [5.74, 6) is -0.369. The molecule has 0 saturated carbocycles. The summed E-state index contributed by atoms with van der Waals surface area (Å²) >= 11 is 0. The zero-order valence-electron chi connectivity index (χ0n) is 10.7. The summed E-state index contributed by atoms with van der Waals surface area (Å²) in [6.07, 6.45) is 1.49. The molecule has 0 amide bonds. The van der Waals surface area contributed by atoms with E-state index in [1.54, 1.807) is 18.2 Å². The van der Waals surface area contributed by atoms with Gasteiger partial charge in [0.25, 0.3) is 0 Å². The molecule has 0 radical (unpaired) electrons. The molecular formula is C15H11NO4. The van der Waals surface area contributed by atoms with E-state index in [1.165, 1.54) is 6.26 Å². The van der Waals surface area contributed by atoms with Crippen molar-refractivity contribution in [2.75, 3.05) is 0 Å². The van der Waals surface area contributed by atoms with E-state index >= 15 is 0 Å². The average molecular weight is 269 g/mol. The number of carboxylic acids is 1. The number of oxazole rings is 1. The topological polar surface area (TPSA) is 76.5 Å².